The van der Waals surface area contributed by atoms with Crippen molar-refractivity contribution in [3.63, 3.8) is 0 Å². The van der Waals surface area contributed by atoms with E-state index in [4.69, 9.17) is 0 Å². The van der Waals surface area contributed by atoms with Gasteiger partial charge < -0.3 is 0 Å². The second-order valence-corrected chi connectivity index (χ2v) is 2.95. The van der Waals surface area contributed by atoms with E-state index in [-0.39, 0.29) is 4.08 Å². The van der Waals surface area contributed by atoms with Crippen LogP contribution in [0.4, 0.5) is 0 Å². The first-order valence-corrected chi connectivity index (χ1v) is 2.25. The highest BCUT2D eigenvalue weighted by Gasteiger charge is 2.22. The molecule has 0 aliphatic heterocycles. The molecule has 0 bridgehead atoms. The Bertz CT molecular complexity index is 65.0. The minimum Gasteiger partial charge on any atom is -0.154 e. The molecule has 1 aliphatic rings. The third-order valence-electron chi connectivity index (χ3n) is 0.465. The number of hydrogen-bond donors (Lipinski definition) is 2. The summed E-state index contributed by atoms with van der Waals surface area (Å²) in [7, 11) is 0. The van der Waals surface area contributed by atoms with Crippen LogP contribution >= 0.6 is 25.3 Å². The third kappa shape index (κ3) is 0.893. The van der Waals surface area contributed by atoms with Crippen LogP contribution in [0.3, 0.4) is 0 Å². The average Bonchev–Trinajstić information content (AvgIpc) is 1.76. The van der Waals surface area contributed by atoms with Gasteiger partial charge >= 0.3 is 0 Å². The Hall–Kier alpha value is 0.440. The summed E-state index contributed by atoms with van der Waals surface area (Å²) in [5, 5.41) is 0. The normalized spacial score (nSPS) is 26.8. The molecule has 0 aromatic heterocycles. The lowest BCUT2D eigenvalue weighted by Crippen LogP contribution is -1.78. The van der Waals surface area contributed by atoms with E-state index in [1.165, 1.54) is 0 Å². The van der Waals surface area contributed by atoms with Gasteiger partial charge in [-0.25, -0.2) is 0 Å². The number of thiol groups is 2. The van der Waals surface area contributed by atoms with Gasteiger partial charge in [0, 0.05) is 0 Å². The lowest BCUT2D eigenvalue weighted by atomic mass is 10.8. The summed E-state index contributed by atoms with van der Waals surface area (Å²) in [4.78, 5) is 0. The van der Waals surface area contributed by atoms with Crippen LogP contribution in [0, 0.1) is 0 Å². The first-order valence-electron chi connectivity index (χ1n) is 1.36. The highest BCUT2D eigenvalue weighted by Crippen LogP contribution is 2.34. The van der Waals surface area contributed by atoms with Gasteiger partial charge in [0.15, 0.2) is 0 Å². The van der Waals surface area contributed by atoms with E-state index in [1.807, 2.05) is 12.2 Å². The summed E-state index contributed by atoms with van der Waals surface area (Å²) < 4.78 is -0.111. The van der Waals surface area contributed by atoms with Crippen molar-refractivity contribution in [1.29, 1.82) is 0 Å². The molecule has 0 heterocycles. The summed E-state index contributed by atoms with van der Waals surface area (Å²) in [6, 6.07) is 0. The van der Waals surface area contributed by atoms with Crippen LogP contribution in [0.5, 0.6) is 0 Å². The highest BCUT2D eigenvalue weighted by molar-refractivity contribution is 8.01. The van der Waals surface area contributed by atoms with Gasteiger partial charge in [0.2, 0.25) is 0 Å². The largest absolute Gasteiger partial charge is 0.154 e. The molecule has 2 heteroatoms. The fourth-order valence-corrected chi connectivity index (χ4v) is 0.224. The lowest BCUT2D eigenvalue weighted by Gasteiger charge is -1.87. The fourth-order valence-electron chi connectivity index (χ4n) is 0.0745. The molecule has 0 atom stereocenters. The standard InChI is InChI=1S/C3H4S2/c4-3(5)1-2-3/h1-2,4-5H. The van der Waals surface area contributed by atoms with Crippen molar-refractivity contribution >= 4 is 25.3 Å². The van der Waals surface area contributed by atoms with Gasteiger partial charge in [0.05, 0.1) is 4.08 Å². The number of rotatable bonds is 0. The molecule has 1 rings (SSSR count). The zero-order valence-corrected chi connectivity index (χ0v) is 4.34. The van der Waals surface area contributed by atoms with E-state index in [0.29, 0.717) is 0 Å². The van der Waals surface area contributed by atoms with Gasteiger partial charge in [-0.15, -0.1) is 0 Å². The van der Waals surface area contributed by atoms with Crippen LogP contribution in [0.15, 0.2) is 12.2 Å². The molecule has 0 saturated carbocycles. The van der Waals surface area contributed by atoms with Crippen LogP contribution in [0.2, 0.25) is 0 Å². The van der Waals surface area contributed by atoms with Crippen LogP contribution in [0.1, 0.15) is 0 Å². The van der Waals surface area contributed by atoms with Crippen molar-refractivity contribution in [2.75, 3.05) is 0 Å². The maximum Gasteiger partial charge on any atom is 0.0918 e. The summed E-state index contributed by atoms with van der Waals surface area (Å²) in [6.07, 6.45) is 3.83. The average molecular weight is 104 g/mol. The summed E-state index contributed by atoms with van der Waals surface area (Å²) in [5.41, 5.74) is 0. The highest BCUT2D eigenvalue weighted by atomic mass is 32.2. The second-order valence-electron chi connectivity index (χ2n) is 1.12. The smallest absolute Gasteiger partial charge is 0.0918 e. The van der Waals surface area contributed by atoms with Crippen molar-refractivity contribution in [2.24, 2.45) is 0 Å². The fraction of sp³-hybridized carbons (Fsp3) is 0.333. The molecule has 0 saturated heterocycles. The van der Waals surface area contributed by atoms with E-state index in [2.05, 4.69) is 25.3 Å². The monoisotopic (exact) mass is 104 g/mol. The molecule has 0 unspecified atom stereocenters. The molecular formula is C3H4S2. The summed E-state index contributed by atoms with van der Waals surface area (Å²) in [5.74, 6) is 0. The van der Waals surface area contributed by atoms with Crippen LogP contribution < -0.4 is 0 Å². The Morgan fingerprint density at radius 2 is 1.40 bits per heavy atom. The molecule has 28 valence electrons. The molecule has 0 spiro atoms. The van der Waals surface area contributed by atoms with Crippen molar-refractivity contribution in [1.82, 2.24) is 0 Å². The van der Waals surface area contributed by atoms with E-state index in [0.717, 1.165) is 0 Å². The van der Waals surface area contributed by atoms with Gasteiger partial charge in [-0.1, -0.05) is 12.2 Å². The Kier molecular flexibility index (Phi) is 0.535. The van der Waals surface area contributed by atoms with Crippen molar-refractivity contribution < 1.29 is 0 Å². The maximum absolute atomic E-state index is 3.99. The quantitative estimate of drug-likeness (QED) is 0.257. The molecular weight excluding hydrogens is 100 g/mol. The molecule has 0 nitrogen and oxygen atoms in total. The molecule has 0 fully saturated rings. The van der Waals surface area contributed by atoms with Gasteiger partial charge in [0.1, 0.15) is 0 Å². The molecule has 0 N–H and O–H groups in total. The van der Waals surface area contributed by atoms with Crippen molar-refractivity contribution in [3.8, 4) is 0 Å². The second kappa shape index (κ2) is 0.738. The predicted molar refractivity (Wildman–Crippen MR) is 29.8 cm³/mol. The van der Waals surface area contributed by atoms with Crippen molar-refractivity contribution in [2.45, 2.75) is 4.08 Å². The predicted octanol–water partition coefficient (Wildman–Crippen LogP) is 1.11. The van der Waals surface area contributed by atoms with E-state index in [9.17, 15) is 0 Å². The Balaban J connectivity index is 2.47. The Labute approximate surface area is 42.1 Å². The SMILES string of the molecule is SC1(S)C=C1. The molecule has 5 heavy (non-hydrogen) atoms. The minimum absolute atomic E-state index is 0.111. The summed E-state index contributed by atoms with van der Waals surface area (Å²) >= 11 is 7.97. The van der Waals surface area contributed by atoms with Gasteiger partial charge in [-0.3, -0.25) is 0 Å². The maximum atomic E-state index is 3.99. The van der Waals surface area contributed by atoms with Crippen LogP contribution in [-0.2, 0) is 0 Å². The van der Waals surface area contributed by atoms with E-state index >= 15 is 0 Å². The zero-order chi connectivity index (χ0) is 3.91. The van der Waals surface area contributed by atoms with Gasteiger partial charge in [-0.05, 0) is 0 Å². The first-order chi connectivity index (χ1) is 2.21. The van der Waals surface area contributed by atoms with E-state index < -0.39 is 0 Å². The third-order valence-corrected chi connectivity index (χ3v) is 1.06. The lowest BCUT2D eigenvalue weighted by molar-refractivity contribution is 1.63. The first kappa shape index (κ1) is 3.62. The molecule has 0 amide bonds. The van der Waals surface area contributed by atoms with Gasteiger partial charge in [-0.2, -0.15) is 25.3 Å². The molecule has 0 aromatic rings. The minimum atomic E-state index is -0.111. The van der Waals surface area contributed by atoms with Gasteiger partial charge in [0.25, 0.3) is 0 Å². The van der Waals surface area contributed by atoms with Crippen LogP contribution in [0.25, 0.3) is 0 Å². The summed E-state index contributed by atoms with van der Waals surface area (Å²) in [6.45, 7) is 0. The molecule has 0 aromatic carbocycles. The Morgan fingerprint density at radius 3 is 1.40 bits per heavy atom. The van der Waals surface area contributed by atoms with E-state index in [1.54, 1.807) is 0 Å². The van der Waals surface area contributed by atoms with Crippen molar-refractivity contribution in [3.05, 3.63) is 12.2 Å². The molecule has 1 aliphatic carbocycles. The Morgan fingerprint density at radius 1 is 1.20 bits per heavy atom. The number of hydrogen-bond acceptors (Lipinski definition) is 2. The topological polar surface area (TPSA) is 0 Å². The zero-order valence-electron chi connectivity index (χ0n) is 2.55. The molecule has 0 radical (unpaired) electrons. The van der Waals surface area contributed by atoms with Crippen LogP contribution in [-0.4, -0.2) is 4.08 Å².